The largest absolute Gasteiger partial charge is 0.493 e. The average Bonchev–Trinajstić information content (AvgIpc) is 2.24. The molecular weight excluding hydrogens is 221 g/mol. The highest BCUT2D eigenvalue weighted by Gasteiger charge is 2.17. The van der Waals surface area contributed by atoms with Gasteiger partial charge in [-0.1, -0.05) is 11.6 Å². The van der Waals surface area contributed by atoms with Gasteiger partial charge >= 0.3 is 0 Å². The molecule has 0 bridgehead atoms. The van der Waals surface area contributed by atoms with Crippen LogP contribution in [0.4, 0.5) is 4.39 Å². The van der Waals surface area contributed by atoms with Crippen molar-refractivity contribution in [2.24, 2.45) is 5.73 Å². The lowest BCUT2D eigenvalue weighted by atomic mass is 10.1. The minimum absolute atomic E-state index is 0.0692. The first kappa shape index (κ1) is 12.1. The molecule has 1 aromatic rings. The molecular formula is C10H13ClFNO2. The van der Waals surface area contributed by atoms with Gasteiger partial charge in [-0.15, -0.1) is 0 Å². The molecule has 5 heteroatoms. The highest BCUT2D eigenvalue weighted by atomic mass is 35.5. The third-order valence-electron chi connectivity index (χ3n) is 2.04. The third-order valence-corrected chi connectivity index (χ3v) is 2.38. The van der Waals surface area contributed by atoms with Crippen molar-refractivity contribution in [2.45, 2.75) is 6.42 Å². The zero-order valence-electron chi connectivity index (χ0n) is 8.64. The number of rotatable bonds is 4. The fourth-order valence-electron chi connectivity index (χ4n) is 1.32. The molecule has 0 aliphatic carbocycles. The predicted molar refractivity (Wildman–Crippen MR) is 57.3 cm³/mol. The van der Waals surface area contributed by atoms with Crippen LogP contribution in [-0.4, -0.2) is 20.8 Å². The summed E-state index contributed by atoms with van der Waals surface area (Å²) in [4.78, 5) is 0. The van der Waals surface area contributed by atoms with Crippen LogP contribution in [0, 0.1) is 5.82 Å². The van der Waals surface area contributed by atoms with Gasteiger partial charge in [0.2, 0.25) is 0 Å². The second-order valence-corrected chi connectivity index (χ2v) is 3.32. The van der Waals surface area contributed by atoms with Crippen molar-refractivity contribution in [1.82, 2.24) is 0 Å². The molecule has 84 valence electrons. The summed E-state index contributed by atoms with van der Waals surface area (Å²) in [5.74, 6) is 0.115. The molecule has 0 aliphatic heterocycles. The minimum atomic E-state index is -0.500. The molecule has 0 amide bonds. The molecule has 3 nitrogen and oxygen atoms in total. The van der Waals surface area contributed by atoms with Crippen LogP contribution in [0.1, 0.15) is 5.56 Å². The lowest BCUT2D eigenvalue weighted by Gasteiger charge is -2.12. The second kappa shape index (κ2) is 5.19. The quantitative estimate of drug-likeness (QED) is 0.865. The van der Waals surface area contributed by atoms with Crippen molar-refractivity contribution >= 4 is 11.6 Å². The molecule has 0 saturated carbocycles. The first-order chi connectivity index (χ1) is 7.15. The Kier molecular flexibility index (Phi) is 4.17. The molecule has 2 N–H and O–H groups in total. The Morgan fingerprint density at radius 1 is 1.40 bits per heavy atom. The van der Waals surface area contributed by atoms with Crippen molar-refractivity contribution in [1.29, 1.82) is 0 Å². The molecule has 0 fully saturated rings. The lowest BCUT2D eigenvalue weighted by molar-refractivity contribution is 0.352. The van der Waals surface area contributed by atoms with E-state index in [-0.39, 0.29) is 10.8 Å². The summed E-state index contributed by atoms with van der Waals surface area (Å²) in [5, 5.41) is -0.0692. The summed E-state index contributed by atoms with van der Waals surface area (Å²) in [6.45, 7) is 0.350. The van der Waals surface area contributed by atoms with Gasteiger partial charge in [0, 0.05) is 0 Å². The molecule has 0 radical (unpaired) electrons. The molecule has 0 heterocycles. The summed E-state index contributed by atoms with van der Waals surface area (Å²) in [6, 6.07) is 1.55. The molecule has 1 aromatic carbocycles. The number of ether oxygens (including phenoxy) is 2. The molecule has 15 heavy (non-hydrogen) atoms. The predicted octanol–water partition coefficient (Wildman–Crippen LogP) is 2.00. The Hall–Kier alpha value is -1.00. The maximum atomic E-state index is 13.6. The van der Waals surface area contributed by atoms with Gasteiger partial charge in [-0.05, 0) is 24.6 Å². The highest BCUT2D eigenvalue weighted by Crippen LogP contribution is 2.38. The molecule has 0 aromatic heterocycles. The second-order valence-electron chi connectivity index (χ2n) is 2.94. The van der Waals surface area contributed by atoms with Crippen LogP contribution in [0.15, 0.2) is 6.07 Å². The van der Waals surface area contributed by atoms with Gasteiger partial charge in [-0.3, -0.25) is 0 Å². The standard InChI is InChI=1S/C10H13ClFNO2/c1-14-7-5-6(3-4-13)9(12)8(11)10(7)15-2/h5H,3-4,13H2,1-2H3. The lowest BCUT2D eigenvalue weighted by Crippen LogP contribution is -2.06. The average molecular weight is 234 g/mol. The Morgan fingerprint density at radius 3 is 2.53 bits per heavy atom. The van der Waals surface area contributed by atoms with Gasteiger partial charge in [0.1, 0.15) is 10.8 Å². The van der Waals surface area contributed by atoms with Crippen LogP contribution in [0.3, 0.4) is 0 Å². The smallest absolute Gasteiger partial charge is 0.182 e. The molecule has 1 rings (SSSR count). The first-order valence-electron chi connectivity index (χ1n) is 4.44. The van der Waals surface area contributed by atoms with E-state index in [9.17, 15) is 4.39 Å². The number of halogens is 2. The fraction of sp³-hybridized carbons (Fsp3) is 0.400. The van der Waals surface area contributed by atoms with E-state index in [1.807, 2.05) is 0 Å². The Bertz CT molecular complexity index is 358. The molecule has 0 unspecified atom stereocenters. The normalized spacial score (nSPS) is 10.2. The van der Waals surface area contributed by atoms with Crippen molar-refractivity contribution in [3.8, 4) is 11.5 Å². The topological polar surface area (TPSA) is 44.5 Å². The van der Waals surface area contributed by atoms with Crippen LogP contribution in [0.25, 0.3) is 0 Å². The summed E-state index contributed by atoms with van der Waals surface area (Å²) < 4.78 is 23.6. The highest BCUT2D eigenvalue weighted by molar-refractivity contribution is 6.32. The maximum Gasteiger partial charge on any atom is 0.182 e. The van der Waals surface area contributed by atoms with Gasteiger partial charge in [-0.25, -0.2) is 4.39 Å². The van der Waals surface area contributed by atoms with Crippen molar-refractivity contribution in [2.75, 3.05) is 20.8 Å². The van der Waals surface area contributed by atoms with Crippen molar-refractivity contribution in [3.05, 3.63) is 22.5 Å². The number of hydrogen-bond donors (Lipinski definition) is 1. The van der Waals surface area contributed by atoms with E-state index < -0.39 is 5.82 Å². The van der Waals surface area contributed by atoms with Gasteiger partial charge in [0.05, 0.1) is 14.2 Å². The Morgan fingerprint density at radius 2 is 2.07 bits per heavy atom. The number of hydrogen-bond acceptors (Lipinski definition) is 3. The number of benzene rings is 1. The fourth-order valence-corrected chi connectivity index (χ4v) is 1.61. The summed E-state index contributed by atoms with van der Waals surface area (Å²) in [7, 11) is 2.88. The van der Waals surface area contributed by atoms with E-state index in [2.05, 4.69) is 0 Å². The Balaban J connectivity index is 3.29. The Labute approximate surface area is 92.9 Å². The summed E-state index contributed by atoms with van der Waals surface area (Å²) in [5.41, 5.74) is 5.79. The van der Waals surface area contributed by atoms with E-state index in [4.69, 9.17) is 26.8 Å². The van der Waals surface area contributed by atoms with E-state index in [1.54, 1.807) is 6.07 Å². The number of nitrogens with two attached hydrogens (primary N) is 1. The van der Waals surface area contributed by atoms with E-state index in [0.29, 0.717) is 24.3 Å². The maximum absolute atomic E-state index is 13.6. The van der Waals surface area contributed by atoms with Crippen LogP contribution < -0.4 is 15.2 Å². The minimum Gasteiger partial charge on any atom is -0.493 e. The molecule has 0 aliphatic rings. The van der Waals surface area contributed by atoms with Gasteiger partial charge in [0.15, 0.2) is 11.5 Å². The number of methoxy groups -OCH3 is 2. The summed E-state index contributed by atoms with van der Waals surface area (Å²) >= 11 is 5.80. The molecule has 0 atom stereocenters. The van der Waals surface area contributed by atoms with Gasteiger partial charge < -0.3 is 15.2 Å². The van der Waals surface area contributed by atoms with Crippen LogP contribution in [0.2, 0.25) is 5.02 Å². The van der Waals surface area contributed by atoms with E-state index in [1.165, 1.54) is 14.2 Å². The zero-order valence-corrected chi connectivity index (χ0v) is 9.40. The van der Waals surface area contributed by atoms with Gasteiger partial charge in [0.25, 0.3) is 0 Å². The van der Waals surface area contributed by atoms with Crippen LogP contribution >= 0.6 is 11.6 Å². The van der Waals surface area contributed by atoms with Crippen molar-refractivity contribution in [3.63, 3.8) is 0 Å². The monoisotopic (exact) mass is 233 g/mol. The molecule has 0 spiro atoms. The van der Waals surface area contributed by atoms with Crippen LogP contribution in [-0.2, 0) is 6.42 Å². The summed E-state index contributed by atoms with van der Waals surface area (Å²) in [6.07, 6.45) is 0.409. The van der Waals surface area contributed by atoms with E-state index in [0.717, 1.165) is 0 Å². The SMILES string of the molecule is COc1cc(CCN)c(F)c(Cl)c1OC. The van der Waals surface area contributed by atoms with Gasteiger partial charge in [-0.2, -0.15) is 0 Å². The first-order valence-corrected chi connectivity index (χ1v) is 4.82. The molecule has 0 saturated heterocycles. The zero-order chi connectivity index (χ0) is 11.4. The van der Waals surface area contributed by atoms with Crippen LogP contribution in [0.5, 0.6) is 11.5 Å². The van der Waals surface area contributed by atoms with E-state index >= 15 is 0 Å². The van der Waals surface area contributed by atoms with Crippen molar-refractivity contribution < 1.29 is 13.9 Å². The third kappa shape index (κ3) is 2.33.